The molecule has 1 aliphatic carbocycles. The molecule has 1 amide bonds. The minimum Gasteiger partial charge on any atom is -0.497 e. The maximum atomic E-state index is 12.4. The number of aromatic nitrogens is 2. The Morgan fingerprint density at radius 3 is 2.72 bits per heavy atom. The largest absolute Gasteiger partial charge is 0.497 e. The summed E-state index contributed by atoms with van der Waals surface area (Å²) in [5.74, 6) is 2.71. The van der Waals surface area contributed by atoms with E-state index in [0.29, 0.717) is 30.5 Å². The van der Waals surface area contributed by atoms with E-state index in [1.54, 1.807) is 7.11 Å². The van der Waals surface area contributed by atoms with E-state index in [-0.39, 0.29) is 5.91 Å². The predicted octanol–water partition coefficient (Wildman–Crippen LogP) is 3.33. The molecule has 1 saturated carbocycles. The minimum absolute atomic E-state index is 0.179. The summed E-state index contributed by atoms with van der Waals surface area (Å²) in [6, 6.07) is 7.49. The quantitative estimate of drug-likeness (QED) is 0.698. The van der Waals surface area contributed by atoms with Crippen LogP contribution in [-0.4, -0.2) is 41.1 Å². The lowest BCUT2D eigenvalue weighted by atomic mass is 10.2. The standard InChI is InChI=1S/C19H25N3O3/c1-3-12-22(13-14-4-5-14)18(23)11-10-17-20-19(21-25-17)15-6-8-16(24-2)9-7-15/h6-9,14H,3-5,10-13H2,1-2H3. The maximum absolute atomic E-state index is 12.4. The lowest BCUT2D eigenvalue weighted by Gasteiger charge is -2.21. The number of aryl methyl sites for hydroxylation is 1. The highest BCUT2D eigenvalue weighted by Gasteiger charge is 2.26. The van der Waals surface area contributed by atoms with E-state index >= 15 is 0 Å². The third-order valence-electron chi connectivity index (χ3n) is 4.39. The van der Waals surface area contributed by atoms with Crippen molar-refractivity contribution in [2.45, 2.75) is 39.0 Å². The Kier molecular flexibility index (Phi) is 5.68. The lowest BCUT2D eigenvalue weighted by Crippen LogP contribution is -2.33. The van der Waals surface area contributed by atoms with Gasteiger partial charge in [-0.25, -0.2) is 0 Å². The Balaban J connectivity index is 1.55. The van der Waals surface area contributed by atoms with Gasteiger partial charge in [0.15, 0.2) is 0 Å². The molecule has 3 rings (SSSR count). The summed E-state index contributed by atoms with van der Waals surface area (Å²) >= 11 is 0. The third kappa shape index (κ3) is 4.81. The van der Waals surface area contributed by atoms with Crippen molar-refractivity contribution in [1.82, 2.24) is 15.0 Å². The van der Waals surface area contributed by atoms with Gasteiger partial charge in [-0.05, 0) is 49.4 Å². The van der Waals surface area contributed by atoms with Crippen LogP contribution in [0.25, 0.3) is 11.4 Å². The van der Waals surface area contributed by atoms with Crippen molar-refractivity contribution in [1.29, 1.82) is 0 Å². The topological polar surface area (TPSA) is 68.5 Å². The highest BCUT2D eigenvalue weighted by Crippen LogP contribution is 2.30. The van der Waals surface area contributed by atoms with Crippen LogP contribution < -0.4 is 4.74 Å². The molecular weight excluding hydrogens is 318 g/mol. The monoisotopic (exact) mass is 343 g/mol. The Labute approximate surface area is 148 Å². The second-order valence-electron chi connectivity index (χ2n) is 6.52. The number of ether oxygens (including phenoxy) is 1. The zero-order valence-corrected chi connectivity index (χ0v) is 14.9. The van der Waals surface area contributed by atoms with Crippen LogP contribution in [0.15, 0.2) is 28.8 Å². The van der Waals surface area contributed by atoms with Gasteiger partial charge in [-0.15, -0.1) is 0 Å². The SMILES string of the molecule is CCCN(CC1CC1)C(=O)CCc1nc(-c2ccc(OC)cc2)no1. The number of amides is 1. The maximum Gasteiger partial charge on any atom is 0.227 e. The van der Waals surface area contributed by atoms with E-state index in [0.717, 1.165) is 30.8 Å². The summed E-state index contributed by atoms with van der Waals surface area (Å²) < 4.78 is 10.4. The molecule has 1 fully saturated rings. The zero-order chi connectivity index (χ0) is 17.6. The molecule has 0 N–H and O–H groups in total. The van der Waals surface area contributed by atoms with Gasteiger partial charge in [-0.3, -0.25) is 4.79 Å². The summed E-state index contributed by atoms with van der Waals surface area (Å²) in [5, 5.41) is 4.01. The number of nitrogens with zero attached hydrogens (tertiary/aromatic N) is 3. The Hall–Kier alpha value is -2.37. The van der Waals surface area contributed by atoms with Gasteiger partial charge in [-0.1, -0.05) is 12.1 Å². The minimum atomic E-state index is 0.179. The molecular formula is C19H25N3O3. The normalized spacial score (nSPS) is 13.7. The molecule has 0 spiro atoms. The first-order valence-corrected chi connectivity index (χ1v) is 8.94. The molecule has 6 heteroatoms. The molecule has 1 aliphatic rings. The molecule has 2 aromatic rings. The average Bonchev–Trinajstić information content (AvgIpc) is 3.33. The van der Waals surface area contributed by atoms with Crippen molar-refractivity contribution in [3.8, 4) is 17.1 Å². The summed E-state index contributed by atoms with van der Waals surface area (Å²) in [7, 11) is 1.63. The molecule has 0 radical (unpaired) electrons. The summed E-state index contributed by atoms with van der Waals surface area (Å²) in [6.07, 6.45) is 4.38. The number of rotatable bonds is 9. The number of benzene rings is 1. The van der Waals surface area contributed by atoms with E-state index < -0.39 is 0 Å². The molecule has 134 valence electrons. The first-order valence-electron chi connectivity index (χ1n) is 8.94. The van der Waals surface area contributed by atoms with Crippen LogP contribution in [0.5, 0.6) is 5.75 Å². The van der Waals surface area contributed by atoms with Gasteiger partial charge in [0.1, 0.15) is 5.75 Å². The number of hydrogen-bond donors (Lipinski definition) is 0. The van der Waals surface area contributed by atoms with Crippen molar-refractivity contribution in [2.24, 2.45) is 5.92 Å². The second kappa shape index (κ2) is 8.14. The van der Waals surface area contributed by atoms with Crippen LogP contribution in [0.4, 0.5) is 0 Å². The fourth-order valence-electron chi connectivity index (χ4n) is 2.79. The van der Waals surface area contributed by atoms with Crippen molar-refractivity contribution in [3.63, 3.8) is 0 Å². The van der Waals surface area contributed by atoms with E-state index in [2.05, 4.69) is 17.1 Å². The third-order valence-corrected chi connectivity index (χ3v) is 4.39. The molecule has 6 nitrogen and oxygen atoms in total. The van der Waals surface area contributed by atoms with Gasteiger partial charge in [0, 0.05) is 31.5 Å². The van der Waals surface area contributed by atoms with Crippen molar-refractivity contribution >= 4 is 5.91 Å². The van der Waals surface area contributed by atoms with E-state index in [1.807, 2.05) is 29.2 Å². The van der Waals surface area contributed by atoms with Crippen molar-refractivity contribution in [3.05, 3.63) is 30.2 Å². The molecule has 0 aliphatic heterocycles. The molecule has 0 bridgehead atoms. The Morgan fingerprint density at radius 2 is 2.08 bits per heavy atom. The van der Waals surface area contributed by atoms with E-state index in [4.69, 9.17) is 9.26 Å². The van der Waals surface area contributed by atoms with Crippen molar-refractivity contribution < 1.29 is 14.1 Å². The van der Waals surface area contributed by atoms with Gasteiger partial charge >= 0.3 is 0 Å². The van der Waals surface area contributed by atoms with Crippen LogP contribution >= 0.6 is 0 Å². The summed E-state index contributed by atoms with van der Waals surface area (Å²) in [5.41, 5.74) is 0.864. The fraction of sp³-hybridized carbons (Fsp3) is 0.526. The highest BCUT2D eigenvalue weighted by molar-refractivity contribution is 5.76. The van der Waals surface area contributed by atoms with Gasteiger partial charge in [0.05, 0.1) is 7.11 Å². The van der Waals surface area contributed by atoms with Crippen LogP contribution in [0, 0.1) is 5.92 Å². The van der Waals surface area contributed by atoms with Crippen LogP contribution in [0.2, 0.25) is 0 Å². The summed E-state index contributed by atoms with van der Waals surface area (Å²) in [6.45, 7) is 3.83. The number of carbonyl (C=O) groups is 1. The molecule has 1 aromatic heterocycles. The van der Waals surface area contributed by atoms with Gasteiger partial charge in [-0.2, -0.15) is 4.98 Å². The van der Waals surface area contributed by atoms with Crippen LogP contribution in [0.1, 0.15) is 38.5 Å². The smallest absolute Gasteiger partial charge is 0.227 e. The molecule has 0 atom stereocenters. The van der Waals surface area contributed by atoms with Gasteiger partial charge in [0.25, 0.3) is 0 Å². The highest BCUT2D eigenvalue weighted by atomic mass is 16.5. The molecule has 25 heavy (non-hydrogen) atoms. The molecule has 0 unspecified atom stereocenters. The van der Waals surface area contributed by atoms with Crippen molar-refractivity contribution in [2.75, 3.05) is 20.2 Å². The van der Waals surface area contributed by atoms with E-state index in [1.165, 1.54) is 12.8 Å². The number of hydrogen-bond acceptors (Lipinski definition) is 5. The Bertz CT molecular complexity index is 692. The molecule has 1 aromatic carbocycles. The van der Waals surface area contributed by atoms with Crippen LogP contribution in [-0.2, 0) is 11.2 Å². The second-order valence-corrected chi connectivity index (χ2v) is 6.52. The fourth-order valence-corrected chi connectivity index (χ4v) is 2.79. The first kappa shape index (κ1) is 17.5. The average molecular weight is 343 g/mol. The van der Waals surface area contributed by atoms with Gasteiger partial charge in [0.2, 0.25) is 17.6 Å². The first-order chi connectivity index (χ1) is 12.2. The predicted molar refractivity (Wildman–Crippen MR) is 94.2 cm³/mol. The summed E-state index contributed by atoms with van der Waals surface area (Å²) in [4.78, 5) is 18.8. The van der Waals surface area contributed by atoms with Gasteiger partial charge < -0.3 is 14.2 Å². The van der Waals surface area contributed by atoms with E-state index in [9.17, 15) is 4.79 Å². The lowest BCUT2D eigenvalue weighted by molar-refractivity contribution is -0.131. The number of methoxy groups -OCH3 is 1. The molecule has 0 saturated heterocycles. The molecule has 1 heterocycles. The zero-order valence-electron chi connectivity index (χ0n) is 14.9. The van der Waals surface area contributed by atoms with Crippen LogP contribution in [0.3, 0.4) is 0 Å². The Morgan fingerprint density at radius 1 is 1.32 bits per heavy atom. The number of carbonyl (C=O) groups excluding carboxylic acids is 1.